The first-order chi connectivity index (χ1) is 16.7. The zero-order valence-electron chi connectivity index (χ0n) is 19.5. The van der Waals surface area contributed by atoms with Gasteiger partial charge in [0, 0.05) is 11.1 Å². The number of anilines is 1. The van der Waals surface area contributed by atoms with Crippen molar-refractivity contribution in [1.29, 1.82) is 0 Å². The lowest BCUT2D eigenvalue weighted by Gasteiger charge is -2.16. The van der Waals surface area contributed by atoms with Gasteiger partial charge in [0.25, 0.3) is 5.91 Å². The van der Waals surface area contributed by atoms with E-state index in [1.807, 2.05) is 84.9 Å². The second-order valence-electron chi connectivity index (χ2n) is 7.88. The molecule has 0 aliphatic carbocycles. The third kappa shape index (κ3) is 4.79. The number of hydrogen-bond donors (Lipinski definition) is 0. The molecule has 34 heavy (non-hydrogen) atoms. The number of amides is 1. The number of benzene rings is 3. The van der Waals surface area contributed by atoms with E-state index in [4.69, 9.17) is 14.6 Å². The third-order valence-corrected chi connectivity index (χ3v) is 5.43. The molecule has 0 radical (unpaired) electrons. The highest BCUT2D eigenvalue weighted by Crippen LogP contribution is 2.35. The SMILES string of the molecule is C=CCc1cc(/C=C2\C(=O)N(c3ccccc3)N=C2c2ccccc2)cc(OC)c1OCCC. The van der Waals surface area contributed by atoms with Crippen molar-refractivity contribution in [2.75, 3.05) is 18.7 Å². The van der Waals surface area contributed by atoms with Crippen LogP contribution in [0.4, 0.5) is 5.69 Å². The largest absolute Gasteiger partial charge is 0.493 e. The average molecular weight is 453 g/mol. The molecular weight excluding hydrogens is 424 g/mol. The van der Waals surface area contributed by atoms with Gasteiger partial charge in [0.15, 0.2) is 11.5 Å². The van der Waals surface area contributed by atoms with E-state index in [1.165, 1.54) is 5.01 Å². The number of rotatable bonds is 9. The molecule has 5 nitrogen and oxygen atoms in total. The van der Waals surface area contributed by atoms with Crippen LogP contribution < -0.4 is 14.5 Å². The fourth-order valence-electron chi connectivity index (χ4n) is 3.86. The van der Waals surface area contributed by atoms with E-state index in [1.54, 1.807) is 7.11 Å². The van der Waals surface area contributed by atoms with E-state index in [9.17, 15) is 4.79 Å². The summed E-state index contributed by atoms with van der Waals surface area (Å²) in [5.74, 6) is 1.16. The quantitative estimate of drug-likeness (QED) is 0.293. The van der Waals surface area contributed by atoms with Crippen LogP contribution in [-0.2, 0) is 11.2 Å². The third-order valence-electron chi connectivity index (χ3n) is 5.43. The van der Waals surface area contributed by atoms with Crippen LogP contribution in [0.3, 0.4) is 0 Å². The van der Waals surface area contributed by atoms with Crippen LogP contribution in [0.1, 0.15) is 30.0 Å². The molecule has 0 aromatic heterocycles. The highest BCUT2D eigenvalue weighted by Gasteiger charge is 2.32. The Morgan fingerprint density at radius 2 is 1.74 bits per heavy atom. The topological polar surface area (TPSA) is 51.1 Å². The van der Waals surface area contributed by atoms with Crippen LogP contribution in [0.5, 0.6) is 11.5 Å². The van der Waals surface area contributed by atoms with Gasteiger partial charge in [-0.3, -0.25) is 4.79 Å². The summed E-state index contributed by atoms with van der Waals surface area (Å²) in [6.07, 6.45) is 5.22. The number of carbonyl (C=O) groups excluding carboxylic acids is 1. The van der Waals surface area contributed by atoms with Crippen molar-refractivity contribution in [2.45, 2.75) is 19.8 Å². The lowest BCUT2D eigenvalue weighted by molar-refractivity contribution is -0.114. The van der Waals surface area contributed by atoms with Crippen molar-refractivity contribution in [3.63, 3.8) is 0 Å². The maximum absolute atomic E-state index is 13.5. The van der Waals surface area contributed by atoms with Gasteiger partial charge in [0.2, 0.25) is 0 Å². The molecule has 0 bridgehead atoms. The molecule has 5 heteroatoms. The molecule has 1 aliphatic rings. The van der Waals surface area contributed by atoms with Gasteiger partial charge >= 0.3 is 0 Å². The zero-order valence-corrected chi connectivity index (χ0v) is 19.5. The highest BCUT2D eigenvalue weighted by atomic mass is 16.5. The summed E-state index contributed by atoms with van der Waals surface area (Å²) >= 11 is 0. The Hall–Kier alpha value is -4.12. The monoisotopic (exact) mass is 452 g/mol. The van der Waals surface area contributed by atoms with E-state index in [-0.39, 0.29) is 5.91 Å². The zero-order chi connectivity index (χ0) is 23.9. The first-order valence-electron chi connectivity index (χ1n) is 11.4. The maximum Gasteiger partial charge on any atom is 0.281 e. The van der Waals surface area contributed by atoms with Gasteiger partial charge in [-0.1, -0.05) is 61.5 Å². The van der Waals surface area contributed by atoms with Gasteiger partial charge in [-0.05, 0) is 48.7 Å². The second-order valence-corrected chi connectivity index (χ2v) is 7.88. The van der Waals surface area contributed by atoms with Crippen LogP contribution in [0, 0.1) is 0 Å². The van der Waals surface area contributed by atoms with Gasteiger partial charge in [0.05, 0.1) is 25.0 Å². The molecule has 4 rings (SSSR count). The Kier molecular flexibility index (Phi) is 7.23. The number of hydrogen-bond acceptors (Lipinski definition) is 4. The summed E-state index contributed by atoms with van der Waals surface area (Å²) in [5, 5.41) is 6.16. The van der Waals surface area contributed by atoms with Gasteiger partial charge in [-0.15, -0.1) is 6.58 Å². The lowest BCUT2D eigenvalue weighted by atomic mass is 9.98. The molecule has 0 saturated carbocycles. The molecule has 0 spiro atoms. The Morgan fingerprint density at radius 1 is 1.03 bits per heavy atom. The number of carbonyl (C=O) groups is 1. The van der Waals surface area contributed by atoms with E-state index in [0.29, 0.717) is 35.8 Å². The van der Waals surface area contributed by atoms with Crippen molar-refractivity contribution < 1.29 is 14.3 Å². The summed E-state index contributed by atoms with van der Waals surface area (Å²) in [5.41, 5.74) is 4.53. The molecule has 0 N–H and O–H groups in total. The summed E-state index contributed by atoms with van der Waals surface area (Å²) in [6.45, 7) is 6.54. The van der Waals surface area contributed by atoms with E-state index < -0.39 is 0 Å². The molecule has 0 atom stereocenters. The minimum Gasteiger partial charge on any atom is -0.493 e. The van der Waals surface area contributed by atoms with E-state index in [2.05, 4.69) is 13.5 Å². The van der Waals surface area contributed by atoms with Crippen LogP contribution >= 0.6 is 0 Å². The fraction of sp³-hybridized carbons (Fsp3) is 0.172. The number of methoxy groups -OCH3 is 1. The van der Waals surface area contributed by atoms with Crippen LogP contribution in [0.15, 0.2) is 96.1 Å². The van der Waals surface area contributed by atoms with Gasteiger partial charge in [0.1, 0.15) is 5.71 Å². The lowest BCUT2D eigenvalue weighted by Crippen LogP contribution is -2.21. The molecule has 172 valence electrons. The predicted octanol–water partition coefficient (Wildman–Crippen LogP) is 6.05. The van der Waals surface area contributed by atoms with E-state index in [0.717, 1.165) is 28.8 Å². The summed E-state index contributed by atoms with van der Waals surface area (Å²) in [6, 6.07) is 23.1. The fourth-order valence-corrected chi connectivity index (χ4v) is 3.86. The molecule has 0 fully saturated rings. The van der Waals surface area contributed by atoms with Crippen LogP contribution in [-0.4, -0.2) is 25.3 Å². The predicted molar refractivity (Wildman–Crippen MR) is 138 cm³/mol. The van der Waals surface area contributed by atoms with Crippen LogP contribution in [0.25, 0.3) is 6.08 Å². The number of allylic oxidation sites excluding steroid dienone is 1. The number of ether oxygens (including phenoxy) is 2. The standard InChI is InChI=1S/C29H28N2O3/c1-4-12-23-18-21(20-26(33-3)28(23)34-17-5-2)19-25-27(22-13-8-6-9-14-22)30-31(29(25)32)24-15-10-7-11-16-24/h4,6-11,13-16,18-20H,1,5,12,17H2,2-3H3/b25-19-. The smallest absolute Gasteiger partial charge is 0.281 e. The molecule has 3 aromatic carbocycles. The normalized spacial score (nSPS) is 14.3. The highest BCUT2D eigenvalue weighted by molar-refractivity contribution is 6.37. The molecule has 1 heterocycles. The van der Waals surface area contributed by atoms with Crippen molar-refractivity contribution in [1.82, 2.24) is 0 Å². The van der Waals surface area contributed by atoms with Gasteiger partial charge in [-0.2, -0.15) is 10.1 Å². The Bertz CT molecular complexity index is 1230. The summed E-state index contributed by atoms with van der Waals surface area (Å²) < 4.78 is 11.6. The molecule has 3 aromatic rings. The minimum absolute atomic E-state index is 0.180. The van der Waals surface area contributed by atoms with E-state index >= 15 is 0 Å². The number of nitrogens with zero attached hydrogens (tertiary/aromatic N) is 2. The Morgan fingerprint density at radius 3 is 2.38 bits per heavy atom. The number of hydrazone groups is 1. The molecule has 1 aliphatic heterocycles. The average Bonchev–Trinajstić information content (AvgIpc) is 3.20. The molecule has 1 amide bonds. The van der Waals surface area contributed by atoms with Crippen molar-refractivity contribution >= 4 is 23.4 Å². The minimum atomic E-state index is -0.180. The Balaban J connectivity index is 1.82. The Labute approximate surface area is 200 Å². The second kappa shape index (κ2) is 10.7. The summed E-state index contributed by atoms with van der Waals surface area (Å²) in [7, 11) is 1.62. The first kappa shape index (κ1) is 23.1. The van der Waals surface area contributed by atoms with Crippen molar-refractivity contribution in [2.24, 2.45) is 5.10 Å². The van der Waals surface area contributed by atoms with Crippen molar-refractivity contribution in [3.8, 4) is 11.5 Å². The van der Waals surface area contributed by atoms with Gasteiger partial charge in [-0.25, -0.2) is 0 Å². The molecular formula is C29H28N2O3. The van der Waals surface area contributed by atoms with Crippen LogP contribution in [0.2, 0.25) is 0 Å². The first-order valence-corrected chi connectivity index (χ1v) is 11.4. The number of para-hydroxylation sites is 1. The van der Waals surface area contributed by atoms with Gasteiger partial charge < -0.3 is 9.47 Å². The summed E-state index contributed by atoms with van der Waals surface area (Å²) in [4.78, 5) is 13.5. The maximum atomic E-state index is 13.5. The molecule has 0 unspecified atom stereocenters. The van der Waals surface area contributed by atoms with Crippen molar-refractivity contribution in [3.05, 3.63) is 108 Å². The molecule has 0 saturated heterocycles.